The van der Waals surface area contributed by atoms with E-state index in [1.165, 1.54) is 17.0 Å². The topological polar surface area (TPSA) is 29.5 Å². The Balaban J connectivity index is 2.24. The van der Waals surface area contributed by atoms with Gasteiger partial charge in [0.2, 0.25) is 0 Å². The number of anilines is 1. The highest BCUT2D eigenvalue weighted by molar-refractivity contribution is 9.10. The van der Waals surface area contributed by atoms with Gasteiger partial charge in [-0.05, 0) is 58.4 Å². The number of rotatable bonds is 3. The standard InChI is InChI=1S/C15H13BrFNO2/c1-18(11-4-6-12(20-2)7-5-11)15(19)10-3-8-13(16)14(17)9-10/h3-9H,1-2H3. The summed E-state index contributed by atoms with van der Waals surface area (Å²) in [6.07, 6.45) is 0. The molecule has 5 heteroatoms. The number of hydrogen-bond donors (Lipinski definition) is 0. The molecule has 1 amide bonds. The van der Waals surface area contributed by atoms with E-state index in [1.54, 1.807) is 44.5 Å². The molecule has 0 bridgehead atoms. The molecule has 0 unspecified atom stereocenters. The van der Waals surface area contributed by atoms with Gasteiger partial charge in [0.15, 0.2) is 0 Å². The van der Waals surface area contributed by atoms with Gasteiger partial charge in [0.05, 0.1) is 11.6 Å². The van der Waals surface area contributed by atoms with Gasteiger partial charge < -0.3 is 9.64 Å². The third-order valence-corrected chi connectivity index (χ3v) is 3.57. The monoisotopic (exact) mass is 337 g/mol. The van der Waals surface area contributed by atoms with Crippen molar-refractivity contribution in [3.8, 4) is 5.75 Å². The molecule has 2 rings (SSSR count). The number of methoxy groups -OCH3 is 1. The minimum Gasteiger partial charge on any atom is -0.497 e. The SMILES string of the molecule is COc1ccc(N(C)C(=O)c2ccc(Br)c(F)c2)cc1. The first-order valence-corrected chi connectivity index (χ1v) is 6.69. The fourth-order valence-corrected chi connectivity index (χ4v) is 1.99. The molecular weight excluding hydrogens is 325 g/mol. The number of carbonyl (C=O) groups is 1. The van der Waals surface area contributed by atoms with E-state index >= 15 is 0 Å². The van der Waals surface area contributed by atoms with Crippen LogP contribution in [0.25, 0.3) is 0 Å². The summed E-state index contributed by atoms with van der Waals surface area (Å²) in [4.78, 5) is 13.7. The summed E-state index contributed by atoms with van der Waals surface area (Å²) in [5.41, 5.74) is 1.00. The zero-order valence-corrected chi connectivity index (χ0v) is 12.6. The van der Waals surface area contributed by atoms with Crippen LogP contribution in [0.5, 0.6) is 5.75 Å². The van der Waals surface area contributed by atoms with Gasteiger partial charge in [-0.25, -0.2) is 4.39 Å². The molecule has 3 nitrogen and oxygen atoms in total. The lowest BCUT2D eigenvalue weighted by atomic mass is 10.2. The highest BCUT2D eigenvalue weighted by atomic mass is 79.9. The second kappa shape index (κ2) is 6.05. The maximum absolute atomic E-state index is 13.5. The van der Waals surface area contributed by atoms with Crippen molar-refractivity contribution >= 4 is 27.5 Å². The van der Waals surface area contributed by atoms with Crippen LogP contribution in [-0.2, 0) is 0 Å². The van der Waals surface area contributed by atoms with E-state index in [4.69, 9.17) is 4.74 Å². The Morgan fingerprint density at radius 3 is 2.40 bits per heavy atom. The molecule has 2 aromatic carbocycles. The van der Waals surface area contributed by atoms with E-state index < -0.39 is 5.82 Å². The van der Waals surface area contributed by atoms with Crippen molar-refractivity contribution in [1.82, 2.24) is 0 Å². The first kappa shape index (κ1) is 14.5. The molecule has 0 saturated carbocycles. The van der Waals surface area contributed by atoms with Crippen LogP contribution in [0.3, 0.4) is 0 Å². The number of hydrogen-bond acceptors (Lipinski definition) is 2. The number of carbonyl (C=O) groups excluding carboxylic acids is 1. The van der Waals surface area contributed by atoms with Gasteiger partial charge in [-0.3, -0.25) is 4.79 Å². The normalized spacial score (nSPS) is 10.2. The van der Waals surface area contributed by atoms with Crippen molar-refractivity contribution in [2.24, 2.45) is 0 Å². The van der Waals surface area contributed by atoms with E-state index in [9.17, 15) is 9.18 Å². The summed E-state index contributed by atoms with van der Waals surface area (Å²) in [6.45, 7) is 0. The quantitative estimate of drug-likeness (QED) is 0.850. The van der Waals surface area contributed by atoms with Crippen LogP contribution >= 0.6 is 15.9 Å². The number of halogens is 2. The molecule has 0 fully saturated rings. The fourth-order valence-electron chi connectivity index (χ4n) is 1.75. The minimum atomic E-state index is -0.459. The molecule has 0 aromatic heterocycles. The van der Waals surface area contributed by atoms with Gasteiger partial charge in [0, 0.05) is 18.3 Å². The van der Waals surface area contributed by atoms with Crippen LogP contribution in [0.2, 0.25) is 0 Å². The van der Waals surface area contributed by atoms with Gasteiger partial charge in [-0.2, -0.15) is 0 Å². The summed E-state index contributed by atoms with van der Waals surface area (Å²) in [5.74, 6) is -0.0233. The van der Waals surface area contributed by atoms with Crippen molar-refractivity contribution in [1.29, 1.82) is 0 Å². The minimum absolute atomic E-state index is 0.276. The van der Waals surface area contributed by atoms with Crippen molar-refractivity contribution in [3.05, 3.63) is 58.3 Å². The fraction of sp³-hybridized carbons (Fsp3) is 0.133. The molecule has 0 aliphatic rings. The number of nitrogens with zero attached hydrogens (tertiary/aromatic N) is 1. The Morgan fingerprint density at radius 2 is 1.85 bits per heavy atom. The third kappa shape index (κ3) is 2.99. The molecule has 0 saturated heterocycles. The molecule has 0 aliphatic heterocycles. The van der Waals surface area contributed by atoms with E-state index in [-0.39, 0.29) is 5.91 Å². The first-order valence-electron chi connectivity index (χ1n) is 5.90. The maximum atomic E-state index is 13.5. The molecule has 0 atom stereocenters. The van der Waals surface area contributed by atoms with Crippen LogP contribution in [0.1, 0.15) is 10.4 Å². The van der Waals surface area contributed by atoms with Gasteiger partial charge >= 0.3 is 0 Å². The predicted molar refractivity (Wildman–Crippen MR) is 79.8 cm³/mol. The zero-order valence-electron chi connectivity index (χ0n) is 11.1. The van der Waals surface area contributed by atoms with Crippen LogP contribution in [0.4, 0.5) is 10.1 Å². The summed E-state index contributed by atoms with van der Waals surface area (Å²) < 4.78 is 18.9. The van der Waals surface area contributed by atoms with Gasteiger partial charge in [0.1, 0.15) is 11.6 Å². The Kier molecular flexibility index (Phi) is 4.39. The van der Waals surface area contributed by atoms with Crippen molar-refractivity contribution in [2.75, 3.05) is 19.1 Å². The summed E-state index contributed by atoms with van der Waals surface area (Å²) in [5, 5.41) is 0. The van der Waals surface area contributed by atoms with Crippen molar-refractivity contribution < 1.29 is 13.9 Å². The molecule has 20 heavy (non-hydrogen) atoms. The number of amides is 1. The molecule has 0 aliphatic carbocycles. The van der Waals surface area contributed by atoms with Crippen LogP contribution in [0, 0.1) is 5.82 Å². The molecule has 0 radical (unpaired) electrons. The lowest BCUT2D eigenvalue weighted by Crippen LogP contribution is -2.26. The Morgan fingerprint density at radius 1 is 1.20 bits per heavy atom. The van der Waals surface area contributed by atoms with Gasteiger partial charge in [0.25, 0.3) is 5.91 Å². The highest BCUT2D eigenvalue weighted by Gasteiger charge is 2.15. The molecular formula is C15H13BrFNO2. The van der Waals surface area contributed by atoms with E-state index in [0.717, 1.165) is 0 Å². The van der Waals surface area contributed by atoms with Crippen LogP contribution < -0.4 is 9.64 Å². The van der Waals surface area contributed by atoms with E-state index in [1.807, 2.05) is 0 Å². The Bertz CT molecular complexity index is 628. The van der Waals surface area contributed by atoms with Crippen LogP contribution in [-0.4, -0.2) is 20.1 Å². The zero-order chi connectivity index (χ0) is 14.7. The smallest absolute Gasteiger partial charge is 0.258 e. The molecule has 2 aromatic rings. The van der Waals surface area contributed by atoms with Crippen molar-refractivity contribution in [3.63, 3.8) is 0 Å². The van der Waals surface area contributed by atoms with E-state index in [0.29, 0.717) is 21.5 Å². The lowest BCUT2D eigenvalue weighted by molar-refractivity contribution is 0.0992. The van der Waals surface area contributed by atoms with Crippen molar-refractivity contribution in [2.45, 2.75) is 0 Å². The largest absolute Gasteiger partial charge is 0.497 e. The molecule has 0 heterocycles. The number of ether oxygens (including phenoxy) is 1. The Labute approximate surface area is 125 Å². The number of benzene rings is 2. The maximum Gasteiger partial charge on any atom is 0.258 e. The third-order valence-electron chi connectivity index (χ3n) is 2.93. The molecule has 0 N–H and O–H groups in total. The lowest BCUT2D eigenvalue weighted by Gasteiger charge is -2.18. The molecule has 104 valence electrons. The molecule has 0 spiro atoms. The second-order valence-electron chi connectivity index (χ2n) is 4.19. The van der Waals surface area contributed by atoms with Gasteiger partial charge in [-0.15, -0.1) is 0 Å². The first-order chi connectivity index (χ1) is 9.52. The van der Waals surface area contributed by atoms with E-state index in [2.05, 4.69) is 15.9 Å². The average molecular weight is 338 g/mol. The summed E-state index contributed by atoms with van der Waals surface area (Å²) in [6, 6.07) is 11.4. The highest BCUT2D eigenvalue weighted by Crippen LogP contribution is 2.21. The predicted octanol–water partition coefficient (Wildman–Crippen LogP) is 3.87. The van der Waals surface area contributed by atoms with Gasteiger partial charge in [-0.1, -0.05) is 0 Å². The average Bonchev–Trinajstić information content (AvgIpc) is 2.48. The second-order valence-corrected chi connectivity index (χ2v) is 5.05. The summed E-state index contributed by atoms with van der Waals surface area (Å²) >= 11 is 3.06. The summed E-state index contributed by atoms with van der Waals surface area (Å²) in [7, 11) is 3.22. The Hall–Kier alpha value is -1.88. The van der Waals surface area contributed by atoms with Crippen LogP contribution in [0.15, 0.2) is 46.9 Å².